The predicted molar refractivity (Wildman–Crippen MR) is 78.8 cm³/mol. The topological polar surface area (TPSA) is 30.5 Å². The molecule has 0 bridgehead atoms. The predicted octanol–water partition coefficient (Wildman–Crippen LogP) is 2.94. The molecule has 1 aromatic carbocycles. The first-order valence-corrected chi connectivity index (χ1v) is 7.57. The maximum absolute atomic E-state index is 5.27. The number of benzene rings is 1. The van der Waals surface area contributed by atoms with Crippen molar-refractivity contribution in [2.45, 2.75) is 25.9 Å². The van der Waals surface area contributed by atoms with Gasteiger partial charge in [-0.1, -0.05) is 6.92 Å². The van der Waals surface area contributed by atoms with Crippen LogP contribution >= 0.6 is 11.8 Å². The fraction of sp³-hybridized carbons (Fsp3) is 0.571. The highest BCUT2D eigenvalue weighted by atomic mass is 32.2. The van der Waals surface area contributed by atoms with Crippen molar-refractivity contribution in [2.24, 2.45) is 0 Å². The van der Waals surface area contributed by atoms with Gasteiger partial charge in [0.15, 0.2) is 0 Å². The summed E-state index contributed by atoms with van der Waals surface area (Å²) in [5, 5.41) is 3.56. The summed E-state index contributed by atoms with van der Waals surface area (Å²) in [5.41, 5.74) is 1.19. The molecule has 0 saturated carbocycles. The van der Waals surface area contributed by atoms with Crippen LogP contribution < -0.4 is 14.8 Å². The normalized spacial score (nSPS) is 12.2. The highest BCUT2D eigenvalue weighted by Crippen LogP contribution is 2.22. The molecule has 0 heterocycles. The molecule has 1 atom stereocenters. The Kier molecular flexibility index (Phi) is 6.98. The number of hydrogen-bond donors (Lipinski definition) is 1. The van der Waals surface area contributed by atoms with Gasteiger partial charge in [0.05, 0.1) is 14.2 Å². The van der Waals surface area contributed by atoms with Crippen LogP contribution in [0.3, 0.4) is 0 Å². The minimum atomic E-state index is 0.553. The molecule has 1 rings (SSSR count). The summed E-state index contributed by atoms with van der Waals surface area (Å²) in [6.45, 7) is 3.05. The number of ether oxygens (including phenoxy) is 2. The molecule has 0 fully saturated rings. The van der Waals surface area contributed by atoms with Gasteiger partial charge >= 0.3 is 0 Å². The van der Waals surface area contributed by atoms with Crippen molar-refractivity contribution in [3.8, 4) is 11.5 Å². The SMILES string of the molecule is CCC(CSC)NCc1cc(OC)cc(OC)c1. The lowest BCUT2D eigenvalue weighted by Crippen LogP contribution is -2.30. The third kappa shape index (κ3) is 4.78. The highest BCUT2D eigenvalue weighted by Gasteiger charge is 2.06. The standard InChI is InChI=1S/C14H23NO2S/c1-5-12(10-18-4)15-9-11-6-13(16-2)8-14(7-11)17-3/h6-8,12,15H,5,9-10H2,1-4H3. The van der Waals surface area contributed by atoms with Crippen LogP contribution in [-0.4, -0.2) is 32.3 Å². The zero-order valence-electron chi connectivity index (χ0n) is 11.7. The molecule has 0 aliphatic carbocycles. The molecule has 4 heteroatoms. The van der Waals surface area contributed by atoms with Crippen molar-refractivity contribution in [3.05, 3.63) is 23.8 Å². The molecule has 18 heavy (non-hydrogen) atoms. The molecule has 1 unspecified atom stereocenters. The maximum atomic E-state index is 5.27. The van der Waals surface area contributed by atoms with E-state index in [0.29, 0.717) is 6.04 Å². The number of thioether (sulfide) groups is 1. The first-order chi connectivity index (χ1) is 8.73. The zero-order valence-corrected chi connectivity index (χ0v) is 12.5. The summed E-state index contributed by atoms with van der Waals surface area (Å²) in [6.07, 6.45) is 3.28. The van der Waals surface area contributed by atoms with Gasteiger partial charge < -0.3 is 14.8 Å². The summed E-state index contributed by atoms with van der Waals surface area (Å²) < 4.78 is 10.5. The molecule has 1 N–H and O–H groups in total. The number of hydrogen-bond acceptors (Lipinski definition) is 4. The summed E-state index contributed by atoms with van der Waals surface area (Å²) in [4.78, 5) is 0. The molecule has 0 spiro atoms. The van der Waals surface area contributed by atoms with E-state index >= 15 is 0 Å². The monoisotopic (exact) mass is 269 g/mol. The molecule has 1 aromatic rings. The van der Waals surface area contributed by atoms with Crippen molar-refractivity contribution in [2.75, 3.05) is 26.2 Å². The zero-order chi connectivity index (χ0) is 13.4. The Morgan fingerprint density at radius 1 is 1.17 bits per heavy atom. The van der Waals surface area contributed by atoms with Gasteiger partial charge in [-0.05, 0) is 30.4 Å². The lowest BCUT2D eigenvalue weighted by atomic mass is 10.1. The molecule has 0 radical (unpaired) electrons. The average Bonchev–Trinajstić information content (AvgIpc) is 2.42. The van der Waals surface area contributed by atoms with Crippen molar-refractivity contribution in [1.29, 1.82) is 0 Å². The number of methoxy groups -OCH3 is 2. The molecule has 0 saturated heterocycles. The van der Waals surface area contributed by atoms with Gasteiger partial charge in [0.2, 0.25) is 0 Å². The third-order valence-corrected chi connectivity index (χ3v) is 3.60. The van der Waals surface area contributed by atoms with Crippen molar-refractivity contribution < 1.29 is 9.47 Å². The summed E-state index contributed by atoms with van der Waals surface area (Å²) in [6, 6.07) is 6.53. The van der Waals surface area contributed by atoms with Gasteiger partial charge in [0.25, 0.3) is 0 Å². The Labute approximate surface area is 114 Å². The summed E-state index contributed by atoms with van der Waals surface area (Å²) in [7, 11) is 3.35. The van der Waals surface area contributed by atoms with E-state index in [1.807, 2.05) is 30.0 Å². The van der Waals surface area contributed by atoms with Gasteiger partial charge in [-0.3, -0.25) is 0 Å². The molecule has 0 aromatic heterocycles. The Morgan fingerprint density at radius 3 is 2.22 bits per heavy atom. The number of nitrogens with one attached hydrogen (secondary N) is 1. The third-order valence-electron chi connectivity index (χ3n) is 2.87. The van der Waals surface area contributed by atoms with E-state index in [1.165, 1.54) is 5.56 Å². The van der Waals surface area contributed by atoms with E-state index in [1.54, 1.807) is 14.2 Å². The highest BCUT2D eigenvalue weighted by molar-refractivity contribution is 7.98. The van der Waals surface area contributed by atoms with Gasteiger partial charge in [-0.25, -0.2) is 0 Å². The van der Waals surface area contributed by atoms with E-state index in [9.17, 15) is 0 Å². The Balaban J connectivity index is 2.65. The van der Waals surface area contributed by atoms with Crippen molar-refractivity contribution in [1.82, 2.24) is 5.32 Å². The van der Waals surface area contributed by atoms with Gasteiger partial charge in [-0.15, -0.1) is 0 Å². The van der Waals surface area contributed by atoms with E-state index in [0.717, 1.165) is 30.2 Å². The molecule has 102 valence electrons. The van der Waals surface area contributed by atoms with Gasteiger partial charge in [-0.2, -0.15) is 11.8 Å². The van der Waals surface area contributed by atoms with Crippen LogP contribution in [0.4, 0.5) is 0 Å². The van der Waals surface area contributed by atoms with Crippen molar-refractivity contribution in [3.63, 3.8) is 0 Å². The van der Waals surface area contributed by atoms with Crippen LogP contribution in [0, 0.1) is 0 Å². The fourth-order valence-corrected chi connectivity index (χ4v) is 2.51. The summed E-state index contributed by atoms with van der Waals surface area (Å²) in [5.74, 6) is 2.81. The smallest absolute Gasteiger partial charge is 0.122 e. The van der Waals surface area contributed by atoms with E-state index < -0.39 is 0 Å². The Hall–Kier alpha value is -0.870. The van der Waals surface area contributed by atoms with Crippen LogP contribution in [0.25, 0.3) is 0 Å². The summed E-state index contributed by atoms with van der Waals surface area (Å²) >= 11 is 1.87. The quantitative estimate of drug-likeness (QED) is 0.786. The molecule has 0 aliphatic rings. The average molecular weight is 269 g/mol. The van der Waals surface area contributed by atoms with E-state index in [4.69, 9.17) is 9.47 Å². The largest absolute Gasteiger partial charge is 0.497 e. The second-order valence-electron chi connectivity index (χ2n) is 4.16. The van der Waals surface area contributed by atoms with Crippen molar-refractivity contribution >= 4 is 11.8 Å². The van der Waals surface area contributed by atoms with E-state index in [2.05, 4.69) is 18.5 Å². The Bertz CT molecular complexity index is 335. The van der Waals surface area contributed by atoms with Crippen LogP contribution in [0.15, 0.2) is 18.2 Å². The van der Waals surface area contributed by atoms with Gasteiger partial charge in [0, 0.05) is 24.4 Å². The van der Waals surface area contributed by atoms with Crippen LogP contribution in [0.5, 0.6) is 11.5 Å². The maximum Gasteiger partial charge on any atom is 0.122 e. The Morgan fingerprint density at radius 2 is 1.78 bits per heavy atom. The fourth-order valence-electron chi connectivity index (χ4n) is 1.75. The molecule has 0 aliphatic heterocycles. The van der Waals surface area contributed by atoms with E-state index in [-0.39, 0.29) is 0 Å². The van der Waals surface area contributed by atoms with Crippen LogP contribution in [-0.2, 0) is 6.54 Å². The second-order valence-corrected chi connectivity index (χ2v) is 5.07. The minimum absolute atomic E-state index is 0.553. The molecular formula is C14H23NO2S. The van der Waals surface area contributed by atoms with Gasteiger partial charge in [0.1, 0.15) is 11.5 Å². The minimum Gasteiger partial charge on any atom is -0.497 e. The first-order valence-electron chi connectivity index (χ1n) is 6.17. The first kappa shape index (κ1) is 15.2. The molecule has 3 nitrogen and oxygen atoms in total. The van der Waals surface area contributed by atoms with Crippen LogP contribution in [0.2, 0.25) is 0 Å². The number of rotatable bonds is 8. The lowest BCUT2D eigenvalue weighted by molar-refractivity contribution is 0.392. The lowest BCUT2D eigenvalue weighted by Gasteiger charge is -2.16. The molecule has 0 amide bonds. The second kappa shape index (κ2) is 8.27. The molecular weight excluding hydrogens is 246 g/mol. The van der Waals surface area contributed by atoms with Crippen LogP contribution in [0.1, 0.15) is 18.9 Å².